The molecular formula is C34H38O9. The van der Waals surface area contributed by atoms with Gasteiger partial charge in [0, 0.05) is 27.7 Å². The van der Waals surface area contributed by atoms with Crippen molar-refractivity contribution in [2.24, 2.45) is 0 Å². The van der Waals surface area contributed by atoms with Crippen LogP contribution in [-0.2, 0) is 49.3 Å². The van der Waals surface area contributed by atoms with Gasteiger partial charge in [0.1, 0.15) is 18.8 Å². The van der Waals surface area contributed by atoms with Crippen LogP contribution in [0.4, 0.5) is 0 Å². The highest BCUT2D eigenvalue weighted by molar-refractivity contribution is 5.70. The van der Waals surface area contributed by atoms with Crippen LogP contribution in [0.3, 0.4) is 0 Å². The van der Waals surface area contributed by atoms with Gasteiger partial charge in [0.05, 0.1) is 0 Å². The largest absolute Gasteiger partial charge is 0.463 e. The highest BCUT2D eigenvalue weighted by atomic mass is 16.7. The molecule has 0 amide bonds. The van der Waals surface area contributed by atoms with E-state index in [0.29, 0.717) is 17.9 Å². The van der Waals surface area contributed by atoms with Gasteiger partial charge in [-0.15, -0.1) is 0 Å². The Balaban J connectivity index is 1.69. The van der Waals surface area contributed by atoms with Gasteiger partial charge in [0.15, 0.2) is 18.3 Å². The molecule has 5 atom stereocenters. The molecule has 0 aromatic heterocycles. The molecule has 1 saturated heterocycles. The van der Waals surface area contributed by atoms with Crippen LogP contribution < -0.4 is 0 Å². The van der Waals surface area contributed by atoms with Gasteiger partial charge in [-0.2, -0.15) is 0 Å². The van der Waals surface area contributed by atoms with Crippen LogP contribution in [0.5, 0.6) is 0 Å². The summed E-state index contributed by atoms with van der Waals surface area (Å²) < 4.78 is 28.2. The van der Waals surface area contributed by atoms with E-state index in [1.165, 1.54) is 33.3 Å². The molecule has 0 unspecified atom stereocenters. The summed E-state index contributed by atoms with van der Waals surface area (Å²) >= 11 is 0. The number of hydrogen-bond acceptors (Lipinski definition) is 9. The summed E-state index contributed by atoms with van der Waals surface area (Å²) in [4.78, 5) is 48.1. The number of rotatable bonds is 9. The molecule has 43 heavy (non-hydrogen) atoms. The van der Waals surface area contributed by atoms with Gasteiger partial charge in [-0.25, -0.2) is 0 Å². The monoisotopic (exact) mass is 590 g/mol. The zero-order valence-corrected chi connectivity index (χ0v) is 25.3. The Kier molecular flexibility index (Phi) is 10.2. The van der Waals surface area contributed by atoms with Crippen LogP contribution in [-0.4, -0.2) is 54.9 Å². The zero-order chi connectivity index (χ0) is 31.3. The van der Waals surface area contributed by atoms with Crippen molar-refractivity contribution in [3.63, 3.8) is 0 Å². The second-order valence-corrected chi connectivity index (χ2v) is 11.1. The molecule has 0 radical (unpaired) electrons. The summed E-state index contributed by atoms with van der Waals surface area (Å²) in [6.45, 7) is 8.94. The van der Waals surface area contributed by atoms with Crippen LogP contribution in [0.25, 0.3) is 11.1 Å². The van der Waals surface area contributed by atoms with E-state index < -0.39 is 54.4 Å². The van der Waals surface area contributed by atoms with Crippen LogP contribution in [0, 0.1) is 0 Å². The molecule has 3 aliphatic rings. The molecule has 1 fully saturated rings. The van der Waals surface area contributed by atoms with Crippen molar-refractivity contribution in [1.29, 1.82) is 0 Å². The number of ether oxygens (including phenoxy) is 5. The van der Waals surface area contributed by atoms with Gasteiger partial charge in [-0.1, -0.05) is 74.5 Å². The van der Waals surface area contributed by atoms with Gasteiger partial charge in [0.2, 0.25) is 0 Å². The first-order chi connectivity index (χ1) is 20.4. The van der Waals surface area contributed by atoms with E-state index in [2.05, 4.69) is 50.2 Å². The highest BCUT2D eigenvalue weighted by Crippen LogP contribution is 2.38. The van der Waals surface area contributed by atoms with Crippen molar-refractivity contribution in [3.8, 4) is 11.1 Å². The van der Waals surface area contributed by atoms with Crippen molar-refractivity contribution in [1.82, 2.24) is 0 Å². The third-order valence-electron chi connectivity index (χ3n) is 7.27. The fraction of sp³-hybridized carbons (Fsp3) is 0.412. The Hall–Kier alpha value is -4.24. The van der Waals surface area contributed by atoms with Gasteiger partial charge < -0.3 is 23.7 Å². The van der Waals surface area contributed by atoms with Crippen molar-refractivity contribution >= 4 is 23.9 Å². The molecule has 1 heterocycles. The molecule has 9 heteroatoms. The van der Waals surface area contributed by atoms with E-state index in [1.54, 1.807) is 0 Å². The first-order valence-electron chi connectivity index (χ1n) is 14.3. The van der Waals surface area contributed by atoms with Gasteiger partial charge >= 0.3 is 23.9 Å². The van der Waals surface area contributed by atoms with E-state index in [-0.39, 0.29) is 6.61 Å². The normalized spacial score (nSPS) is 21.7. The lowest BCUT2D eigenvalue weighted by Crippen LogP contribution is -2.59. The average molecular weight is 591 g/mol. The summed E-state index contributed by atoms with van der Waals surface area (Å²) in [7, 11) is 0. The van der Waals surface area contributed by atoms with E-state index in [1.807, 2.05) is 24.3 Å². The molecular weight excluding hydrogens is 552 g/mol. The Bertz CT molecular complexity index is 1410. The number of carbonyl (C=O) groups is 4. The molecule has 1 aromatic rings. The van der Waals surface area contributed by atoms with Gasteiger partial charge in [-0.05, 0) is 45.7 Å². The topological polar surface area (TPSA) is 114 Å². The lowest BCUT2D eigenvalue weighted by atomic mass is 9.89. The maximum atomic E-state index is 12.2. The van der Waals surface area contributed by atoms with Crippen LogP contribution in [0.15, 0.2) is 60.7 Å². The molecule has 228 valence electrons. The molecule has 0 saturated carbocycles. The summed E-state index contributed by atoms with van der Waals surface area (Å²) in [6.07, 6.45) is -4.86. The van der Waals surface area contributed by atoms with Crippen LogP contribution in [0.2, 0.25) is 0 Å². The third kappa shape index (κ3) is 8.20. The van der Waals surface area contributed by atoms with E-state index in [9.17, 15) is 19.2 Å². The average Bonchev–Trinajstić information content (AvgIpc) is 3.18. The standard InChI is InChI=1S/C34H38O9/c1-19(2)26-10-12-27-16-25(17-28(27)13-11-26)14-24-8-7-9-29(15-24)31-33(41-22(5)37)34(42-23(6)38)32(40-21(4)36)30(43-31)18-39-20(3)35/h7-13,15-17,19,30-34H,14,18H2,1-6H3/t30-,31+,32-,33+,34+/m1/s1. The zero-order valence-electron chi connectivity index (χ0n) is 25.3. The van der Waals surface area contributed by atoms with Gasteiger partial charge in [0.25, 0.3) is 0 Å². The predicted octanol–water partition coefficient (Wildman–Crippen LogP) is 5.30. The number of carbonyl (C=O) groups excluding carboxylic acids is 4. The van der Waals surface area contributed by atoms with Crippen molar-refractivity contribution in [2.75, 3.05) is 6.61 Å². The van der Waals surface area contributed by atoms with Crippen LogP contribution >= 0.6 is 0 Å². The SMILES string of the molecule is CC(=O)OC[C@H]1O[C@@H](c2cccc(Cc3cc4ccc(C(C)C)ccc-4c3)c2)[C@H](OC(C)=O)[C@@H](OC(C)=O)[C@@H]1OC(C)=O. The third-order valence-corrected chi connectivity index (χ3v) is 7.27. The van der Waals surface area contributed by atoms with Crippen molar-refractivity contribution in [2.45, 2.75) is 84.4 Å². The fourth-order valence-corrected chi connectivity index (χ4v) is 5.42. The highest BCUT2D eigenvalue weighted by Gasteiger charge is 2.52. The number of hydrogen-bond donors (Lipinski definition) is 0. The Morgan fingerprint density at radius 2 is 1.28 bits per heavy atom. The Morgan fingerprint density at radius 3 is 1.84 bits per heavy atom. The smallest absolute Gasteiger partial charge is 0.303 e. The second kappa shape index (κ2) is 13.8. The van der Waals surface area contributed by atoms with Crippen molar-refractivity contribution in [3.05, 3.63) is 82.9 Å². The molecule has 2 aliphatic carbocycles. The molecule has 4 rings (SSSR count). The molecule has 9 nitrogen and oxygen atoms in total. The summed E-state index contributed by atoms with van der Waals surface area (Å²) in [5, 5.41) is 0. The summed E-state index contributed by atoms with van der Waals surface area (Å²) in [5.41, 5.74) is 6.34. The minimum absolute atomic E-state index is 0.274. The number of benzene rings is 1. The fourth-order valence-electron chi connectivity index (χ4n) is 5.42. The lowest BCUT2D eigenvalue weighted by molar-refractivity contribution is -0.254. The minimum Gasteiger partial charge on any atom is -0.463 e. The number of esters is 4. The molecule has 1 aliphatic heterocycles. The Labute approximate surface area is 251 Å². The van der Waals surface area contributed by atoms with Gasteiger partial charge in [-0.3, -0.25) is 19.2 Å². The molecule has 1 aromatic carbocycles. The van der Waals surface area contributed by atoms with Crippen LogP contribution in [0.1, 0.15) is 75.8 Å². The maximum Gasteiger partial charge on any atom is 0.303 e. The first kappa shape index (κ1) is 31.7. The summed E-state index contributed by atoms with van der Waals surface area (Å²) in [5.74, 6) is -2.10. The van der Waals surface area contributed by atoms with E-state index >= 15 is 0 Å². The van der Waals surface area contributed by atoms with E-state index in [4.69, 9.17) is 23.7 Å². The molecule has 0 N–H and O–H groups in total. The van der Waals surface area contributed by atoms with Crippen molar-refractivity contribution < 1.29 is 42.9 Å². The predicted molar refractivity (Wildman–Crippen MR) is 157 cm³/mol. The number of fused-ring (bicyclic) bond motifs is 1. The first-order valence-corrected chi connectivity index (χ1v) is 14.3. The quantitative estimate of drug-likeness (QED) is 0.242. The molecule has 0 spiro atoms. The summed E-state index contributed by atoms with van der Waals surface area (Å²) in [6, 6.07) is 20.5. The maximum absolute atomic E-state index is 12.2. The lowest BCUT2D eigenvalue weighted by Gasteiger charge is -2.44. The minimum atomic E-state index is -1.22. The van der Waals surface area contributed by atoms with E-state index in [0.717, 1.165) is 22.3 Å². The Morgan fingerprint density at radius 1 is 0.698 bits per heavy atom. The molecule has 0 bridgehead atoms. The second-order valence-electron chi connectivity index (χ2n) is 11.1.